The van der Waals surface area contributed by atoms with Crippen molar-refractivity contribution in [2.45, 2.75) is 20.1 Å². The van der Waals surface area contributed by atoms with Crippen molar-refractivity contribution >= 4 is 5.96 Å². The van der Waals surface area contributed by atoms with E-state index < -0.39 is 0 Å². The van der Waals surface area contributed by atoms with Crippen LogP contribution in [0.5, 0.6) is 5.75 Å². The van der Waals surface area contributed by atoms with Gasteiger partial charge in [-0.05, 0) is 30.2 Å². The number of guanidine groups is 1. The summed E-state index contributed by atoms with van der Waals surface area (Å²) in [4.78, 5) is 4.51. The van der Waals surface area contributed by atoms with Gasteiger partial charge in [0, 0.05) is 6.54 Å². The highest BCUT2D eigenvalue weighted by Gasteiger charge is 1.98. The Morgan fingerprint density at radius 1 is 1.04 bits per heavy atom. The molecule has 0 saturated heterocycles. The van der Waals surface area contributed by atoms with Crippen LogP contribution in [0, 0.1) is 12.3 Å². The number of hydrogen-bond acceptors (Lipinski definition) is 2. The Labute approximate surface area is 144 Å². The van der Waals surface area contributed by atoms with E-state index in [0.717, 1.165) is 29.4 Å². The minimum Gasteiger partial charge on any atom is -0.489 e. The molecule has 0 aliphatic carbocycles. The van der Waals surface area contributed by atoms with Crippen LogP contribution in [0.25, 0.3) is 0 Å². The van der Waals surface area contributed by atoms with E-state index in [2.05, 4.69) is 45.8 Å². The average Bonchev–Trinajstić information content (AvgIpc) is 2.64. The van der Waals surface area contributed by atoms with E-state index in [1.165, 1.54) is 0 Å². The first kappa shape index (κ1) is 17.4. The molecule has 124 valence electrons. The quantitative estimate of drug-likeness (QED) is 0.468. The molecule has 0 bridgehead atoms. The van der Waals surface area contributed by atoms with Gasteiger partial charge in [0.1, 0.15) is 12.4 Å². The van der Waals surface area contributed by atoms with E-state index in [0.29, 0.717) is 19.7 Å². The van der Waals surface area contributed by atoms with Gasteiger partial charge in [-0.15, -0.1) is 6.42 Å². The maximum absolute atomic E-state index is 5.74. The number of hydrogen-bond donors (Lipinski definition) is 2. The van der Waals surface area contributed by atoms with Crippen molar-refractivity contribution in [3.05, 3.63) is 65.7 Å². The van der Waals surface area contributed by atoms with Crippen molar-refractivity contribution in [2.75, 3.05) is 13.1 Å². The van der Waals surface area contributed by atoms with Crippen LogP contribution in [0.4, 0.5) is 0 Å². The predicted octanol–water partition coefficient (Wildman–Crippen LogP) is 2.95. The molecule has 0 heterocycles. The molecule has 0 saturated carbocycles. The second kappa shape index (κ2) is 9.96. The standard InChI is InChI=1S/C20H23N3O/c1-3-14-22-20(21-4-2)23-15-17-10-12-18(13-11-17)16-24-19-8-6-5-7-9-19/h1,5-13H,4,14-16H2,2H3,(H2,21,22,23). The van der Waals surface area contributed by atoms with Crippen LogP contribution in [0.3, 0.4) is 0 Å². The van der Waals surface area contributed by atoms with Gasteiger partial charge in [-0.3, -0.25) is 0 Å². The van der Waals surface area contributed by atoms with Crippen LogP contribution < -0.4 is 15.4 Å². The Kier molecular flexibility index (Phi) is 7.23. The van der Waals surface area contributed by atoms with Crippen LogP contribution >= 0.6 is 0 Å². The maximum atomic E-state index is 5.74. The zero-order chi connectivity index (χ0) is 17.0. The summed E-state index contributed by atoms with van der Waals surface area (Å²) >= 11 is 0. The molecule has 0 aliphatic heterocycles. The molecule has 0 spiro atoms. The number of nitrogens with zero attached hydrogens (tertiary/aromatic N) is 1. The molecule has 2 rings (SSSR count). The average molecular weight is 321 g/mol. The molecule has 0 amide bonds. The summed E-state index contributed by atoms with van der Waals surface area (Å²) in [5.74, 6) is 4.15. The van der Waals surface area contributed by atoms with Crippen LogP contribution in [0.15, 0.2) is 59.6 Å². The van der Waals surface area contributed by atoms with Crippen molar-refractivity contribution in [3.8, 4) is 18.1 Å². The molecule has 24 heavy (non-hydrogen) atoms. The summed E-state index contributed by atoms with van der Waals surface area (Å²) in [5.41, 5.74) is 2.26. The van der Waals surface area contributed by atoms with Crippen molar-refractivity contribution in [1.82, 2.24) is 10.6 Å². The van der Waals surface area contributed by atoms with E-state index in [4.69, 9.17) is 11.2 Å². The maximum Gasteiger partial charge on any atom is 0.192 e. The molecule has 0 aliphatic rings. The van der Waals surface area contributed by atoms with Gasteiger partial charge in [-0.1, -0.05) is 48.4 Å². The van der Waals surface area contributed by atoms with Gasteiger partial charge >= 0.3 is 0 Å². The largest absolute Gasteiger partial charge is 0.489 e. The lowest BCUT2D eigenvalue weighted by atomic mass is 10.1. The molecule has 0 unspecified atom stereocenters. The zero-order valence-corrected chi connectivity index (χ0v) is 14.0. The van der Waals surface area contributed by atoms with Gasteiger partial charge in [-0.25, -0.2) is 4.99 Å². The highest BCUT2D eigenvalue weighted by atomic mass is 16.5. The van der Waals surface area contributed by atoms with E-state index in [1.807, 2.05) is 37.3 Å². The number of rotatable bonds is 7. The fraction of sp³-hybridized carbons (Fsp3) is 0.250. The topological polar surface area (TPSA) is 45.7 Å². The lowest BCUT2D eigenvalue weighted by Gasteiger charge is -2.09. The van der Waals surface area contributed by atoms with Gasteiger partial charge in [-0.2, -0.15) is 0 Å². The van der Waals surface area contributed by atoms with Gasteiger partial charge in [0.15, 0.2) is 5.96 Å². The lowest BCUT2D eigenvalue weighted by molar-refractivity contribution is 0.306. The first-order valence-electron chi connectivity index (χ1n) is 8.03. The Morgan fingerprint density at radius 3 is 2.42 bits per heavy atom. The summed E-state index contributed by atoms with van der Waals surface area (Å²) in [6.45, 7) is 4.43. The first-order chi connectivity index (χ1) is 11.8. The van der Waals surface area contributed by atoms with Crippen molar-refractivity contribution < 1.29 is 4.74 Å². The Balaban J connectivity index is 1.87. The number of nitrogens with one attached hydrogen (secondary N) is 2. The molecule has 2 aromatic rings. The van der Waals surface area contributed by atoms with E-state index in [1.54, 1.807) is 0 Å². The molecule has 0 fully saturated rings. The Hall–Kier alpha value is -2.93. The van der Waals surface area contributed by atoms with Crippen molar-refractivity contribution in [3.63, 3.8) is 0 Å². The van der Waals surface area contributed by atoms with Gasteiger partial charge < -0.3 is 15.4 Å². The third-order valence-corrected chi connectivity index (χ3v) is 3.29. The lowest BCUT2D eigenvalue weighted by Crippen LogP contribution is -2.37. The van der Waals surface area contributed by atoms with Crippen LogP contribution in [-0.4, -0.2) is 19.0 Å². The van der Waals surface area contributed by atoms with Crippen LogP contribution in [0.1, 0.15) is 18.1 Å². The third-order valence-electron chi connectivity index (χ3n) is 3.29. The SMILES string of the molecule is C#CCNC(=NCc1ccc(COc2ccccc2)cc1)NCC. The predicted molar refractivity (Wildman–Crippen MR) is 98.9 cm³/mol. The highest BCUT2D eigenvalue weighted by Crippen LogP contribution is 2.12. The Bertz CT molecular complexity index is 672. The fourth-order valence-corrected chi connectivity index (χ4v) is 2.07. The third kappa shape index (κ3) is 6.05. The minimum absolute atomic E-state index is 0.460. The van der Waals surface area contributed by atoms with Crippen molar-refractivity contribution in [2.24, 2.45) is 4.99 Å². The molecule has 0 atom stereocenters. The normalized spacial score (nSPS) is 10.8. The summed E-state index contributed by atoms with van der Waals surface area (Å²) in [7, 11) is 0. The smallest absolute Gasteiger partial charge is 0.192 e. The van der Waals surface area contributed by atoms with E-state index in [-0.39, 0.29) is 0 Å². The van der Waals surface area contributed by atoms with Gasteiger partial charge in [0.2, 0.25) is 0 Å². The molecule has 2 N–H and O–H groups in total. The molecule has 2 aromatic carbocycles. The van der Waals surface area contributed by atoms with Crippen LogP contribution in [-0.2, 0) is 13.2 Å². The second-order valence-electron chi connectivity index (χ2n) is 5.17. The molecule has 4 heteroatoms. The number of benzene rings is 2. The molecule has 4 nitrogen and oxygen atoms in total. The highest BCUT2D eigenvalue weighted by molar-refractivity contribution is 5.79. The minimum atomic E-state index is 0.460. The monoisotopic (exact) mass is 321 g/mol. The number of aliphatic imine (C=N–C) groups is 1. The first-order valence-corrected chi connectivity index (χ1v) is 8.03. The van der Waals surface area contributed by atoms with Gasteiger partial charge in [0.25, 0.3) is 0 Å². The zero-order valence-electron chi connectivity index (χ0n) is 14.0. The van der Waals surface area contributed by atoms with E-state index >= 15 is 0 Å². The van der Waals surface area contributed by atoms with Gasteiger partial charge in [0.05, 0.1) is 13.1 Å². The van der Waals surface area contributed by atoms with E-state index in [9.17, 15) is 0 Å². The number of terminal acetylenes is 1. The fourth-order valence-electron chi connectivity index (χ4n) is 2.07. The van der Waals surface area contributed by atoms with Crippen molar-refractivity contribution in [1.29, 1.82) is 0 Å². The molecule has 0 aromatic heterocycles. The Morgan fingerprint density at radius 2 is 1.75 bits per heavy atom. The summed E-state index contributed by atoms with van der Waals surface area (Å²) in [6, 6.07) is 18.1. The molecule has 0 radical (unpaired) electrons. The second-order valence-corrected chi connectivity index (χ2v) is 5.17. The summed E-state index contributed by atoms with van der Waals surface area (Å²) in [6.07, 6.45) is 5.26. The summed E-state index contributed by atoms with van der Waals surface area (Å²) < 4.78 is 5.74. The van der Waals surface area contributed by atoms with Crippen LogP contribution in [0.2, 0.25) is 0 Å². The molecular weight excluding hydrogens is 298 g/mol. The number of para-hydroxylation sites is 1. The number of ether oxygens (including phenoxy) is 1. The summed E-state index contributed by atoms with van der Waals surface area (Å²) in [5, 5.41) is 6.23. The molecular formula is C20H23N3O.